The Bertz CT molecular complexity index is 620. The molecule has 1 heterocycles. The largest absolute Gasteiger partial charge is 0.497 e. The van der Waals surface area contributed by atoms with Gasteiger partial charge in [0, 0.05) is 25.9 Å². The summed E-state index contributed by atoms with van der Waals surface area (Å²) >= 11 is 0. The molecule has 6 nitrogen and oxygen atoms in total. The van der Waals surface area contributed by atoms with Gasteiger partial charge in [0.05, 0.1) is 12.0 Å². The van der Waals surface area contributed by atoms with Crippen LogP contribution in [0.2, 0.25) is 0 Å². The van der Waals surface area contributed by atoms with Crippen LogP contribution < -0.4 is 4.74 Å². The van der Waals surface area contributed by atoms with Crippen LogP contribution in [0.25, 0.3) is 0 Å². The van der Waals surface area contributed by atoms with Gasteiger partial charge >= 0.3 is 5.97 Å². The lowest BCUT2D eigenvalue weighted by atomic mass is 9.95. The third-order valence-electron chi connectivity index (χ3n) is 3.60. The summed E-state index contributed by atoms with van der Waals surface area (Å²) in [7, 11) is -2.27. The Hall–Kier alpha value is -1.67. The molecule has 1 aliphatic heterocycles. The van der Waals surface area contributed by atoms with Crippen LogP contribution in [-0.2, 0) is 14.8 Å². The third kappa shape index (κ3) is 3.01. The van der Waals surface area contributed by atoms with Crippen molar-refractivity contribution in [3.63, 3.8) is 0 Å². The van der Waals surface area contributed by atoms with Gasteiger partial charge in [-0.05, 0) is 24.3 Å². The lowest BCUT2D eigenvalue weighted by Gasteiger charge is -2.32. The summed E-state index contributed by atoms with van der Waals surface area (Å²) in [5, 5.41) is 8.80. The van der Waals surface area contributed by atoms with E-state index < -0.39 is 21.7 Å². The first kappa shape index (κ1) is 15.7. The fourth-order valence-electron chi connectivity index (χ4n) is 2.19. The standard InChI is InChI=1S/C13H16FNO5S/c1-20-10-2-4-11(5-3-10)21(18,19)15-8-6-13(14,7-9-15)12(16)17/h2-5H,6-9H2,1H3,(H,16,17). The van der Waals surface area contributed by atoms with E-state index in [1.54, 1.807) is 0 Å². The second-order valence-corrected chi connectivity index (χ2v) is 6.79. The van der Waals surface area contributed by atoms with Crippen LogP contribution in [0, 0.1) is 0 Å². The summed E-state index contributed by atoms with van der Waals surface area (Å²) in [6.07, 6.45) is -0.699. The number of alkyl halides is 1. The maximum atomic E-state index is 13.9. The van der Waals surface area contributed by atoms with Gasteiger partial charge in [0.15, 0.2) is 0 Å². The lowest BCUT2D eigenvalue weighted by molar-refractivity contribution is -0.153. The zero-order valence-electron chi connectivity index (χ0n) is 11.5. The van der Waals surface area contributed by atoms with Crippen molar-refractivity contribution in [3.05, 3.63) is 24.3 Å². The van der Waals surface area contributed by atoms with Crippen LogP contribution in [0.5, 0.6) is 5.75 Å². The van der Waals surface area contributed by atoms with E-state index in [0.29, 0.717) is 5.75 Å². The molecule has 1 aromatic carbocycles. The molecule has 1 fully saturated rings. The van der Waals surface area contributed by atoms with Gasteiger partial charge in [-0.15, -0.1) is 0 Å². The second-order valence-electron chi connectivity index (χ2n) is 4.85. The molecule has 0 unspecified atom stereocenters. The molecule has 0 atom stereocenters. The minimum absolute atomic E-state index is 0.0741. The Labute approximate surface area is 122 Å². The third-order valence-corrected chi connectivity index (χ3v) is 5.51. The van der Waals surface area contributed by atoms with Crippen LogP contribution in [0.3, 0.4) is 0 Å². The summed E-state index contributed by atoms with van der Waals surface area (Å²) in [4.78, 5) is 10.9. The Balaban J connectivity index is 2.16. The van der Waals surface area contributed by atoms with Gasteiger partial charge in [-0.3, -0.25) is 0 Å². The number of piperidine rings is 1. The van der Waals surface area contributed by atoms with E-state index in [1.165, 1.54) is 31.4 Å². The molecule has 21 heavy (non-hydrogen) atoms. The van der Waals surface area contributed by atoms with Crippen molar-refractivity contribution in [1.29, 1.82) is 0 Å². The SMILES string of the molecule is COc1ccc(S(=O)(=O)N2CCC(F)(C(=O)O)CC2)cc1. The maximum absolute atomic E-state index is 13.9. The highest BCUT2D eigenvalue weighted by atomic mass is 32.2. The van der Waals surface area contributed by atoms with Crippen molar-refractivity contribution in [2.45, 2.75) is 23.4 Å². The van der Waals surface area contributed by atoms with Gasteiger partial charge in [-0.1, -0.05) is 0 Å². The van der Waals surface area contributed by atoms with Gasteiger partial charge in [0.1, 0.15) is 5.75 Å². The Morgan fingerprint density at radius 2 is 1.81 bits per heavy atom. The molecule has 1 saturated heterocycles. The van der Waals surface area contributed by atoms with E-state index in [9.17, 15) is 17.6 Å². The first-order valence-corrected chi connectivity index (χ1v) is 7.80. The van der Waals surface area contributed by atoms with Gasteiger partial charge in [-0.25, -0.2) is 17.6 Å². The number of carbonyl (C=O) groups is 1. The number of methoxy groups -OCH3 is 1. The molecule has 0 saturated carbocycles. The van der Waals surface area contributed by atoms with Crippen molar-refractivity contribution < 1.29 is 27.4 Å². The molecule has 0 aliphatic carbocycles. The van der Waals surface area contributed by atoms with E-state index in [1.807, 2.05) is 0 Å². The van der Waals surface area contributed by atoms with Crippen molar-refractivity contribution in [3.8, 4) is 5.75 Å². The smallest absolute Gasteiger partial charge is 0.341 e. The molecule has 0 aromatic heterocycles. The summed E-state index contributed by atoms with van der Waals surface area (Å²) in [5.41, 5.74) is -2.34. The topological polar surface area (TPSA) is 83.9 Å². The fourth-order valence-corrected chi connectivity index (χ4v) is 3.63. The van der Waals surface area contributed by atoms with E-state index in [-0.39, 0.29) is 30.8 Å². The van der Waals surface area contributed by atoms with Crippen LogP contribution in [0.4, 0.5) is 4.39 Å². The average Bonchev–Trinajstić information content (AvgIpc) is 2.47. The molecule has 1 aliphatic rings. The summed E-state index contributed by atoms with van der Waals surface area (Å²) in [6.45, 7) is -0.311. The van der Waals surface area contributed by atoms with Crippen LogP contribution in [0.15, 0.2) is 29.2 Å². The predicted octanol–water partition coefficient (Wildman–Crippen LogP) is 1.27. The molecule has 0 amide bonds. The highest BCUT2D eigenvalue weighted by Crippen LogP contribution is 2.30. The number of hydrogen-bond donors (Lipinski definition) is 1. The van der Waals surface area contributed by atoms with E-state index in [2.05, 4.69) is 0 Å². The zero-order chi connectivity index (χ0) is 15.7. The van der Waals surface area contributed by atoms with Crippen molar-refractivity contribution >= 4 is 16.0 Å². The summed E-state index contributed by atoms with van der Waals surface area (Å²) in [5.74, 6) is -1.01. The Morgan fingerprint density at radius 1 is 1.29 bits per heavy atom. The summed E-state index contributed by atoms with van der Waals surface area (Å²) < 4.78 is 44.8. The average molecular weight is 317 g/mol. The molecule has 1 N–H and O–H groups in total. The molecular formula is C13H16FNO5S. The van der Waals surface area contributed by atoms with E-state index in [0.717, 1.165) is 4.31 Å². The van der Waals surface area contributed by atoms with Crippen LogP contribution in [-0.4, -0.2) is 49.7 Å². The Morgan fingerprint density at radius 3 is 2.24 bits per heavy atom. The molecule has 116 valence electrons. The number of nitrogens with zero attached hydrogens (tertiary/aromatic N) is 1. The quantitative estimate of drug-likeness (QED) is 0.904. The number of aliphatic carboxylic acids is 1. The van der Waals surface area contributed by atoms with Gasteiger partial charge in [0.25, 0.3) is 0 Å². The molecule has 8 heteroatoms. The molecule has 0 radical (unpaired) electrons. The first-order chi connectivity index (χ1) is 9.79. The maximum Gasteiger partial charge on any atom is 0.341 e. The Kier molecular flexibility index (Phi) is 4.20. The van der Waals surface area contributed by atoms with E-state index >= 15 is 0 Å². The molecule has 2 rings (SSSR count). The monoisotopic (exact) mass is 317 g/mol. The number of carboxylic acid groups (broad SMARTS) is 1. The van der Waals surface area contributed by atoms with Crippen molar-refractivity contribution in [2.24, 2.45) is 0 Å². The van der Waals surface area contributed by atoms with Gasteiger partial charge in [-0.2, -0.15) is 4.31 Å². The normalized spacial score (nSPS) is 19.1. The number of sulfonamides is 1. The highest BCUT2D eigenvalue weighted by molar-refractivity contribution is 7.89. The minimum Gasteiger partial charge on any atom is -0.497 e. The number of ether oxygens (including phenoxy) is 1. The number of carboxylic acids is 1. The predicted molar refractivity (Wildman–Crippen MR) is 72.5 cm³/mol. The molecular weight excluding hydrogens is 301 g/mol. The van der Waals surface area contributed by atoms with Gasteiger partial charge < -0.3 is 9.84 Å². The van der Waals surface area contributed by atoms with Gasteiger partial charge in [0.2, 0.25) is 15.7 Å². The lowest BCUT2D eigenvalue weighted by Crippen LogP contribution is -2.48. The van der Waals surface area contributed by atoms with E-state index in [4.69, 9.17) is 9.84 Å². The van der Waals surface area contributed by atoms with Crippen LogP contribution >= 0.6 is 0 Å². The number of rotatable bonds is 4. The zero-order valence-corrected chi connectivity index (χ0v) is 12.3. The van der Waals surface area contributed by atoms with Crippen LogP contribution in [0.1, 0.15) is 12.8 Å². The summed E-state index contributed by atoms with van der Waals surface area (Å²) in [6, 6.07) is 5.85. The minimum atomic E-state index is -3.74. The number of benzene rings is 1. The molecule has 0 spiro atoms. The number of hydrogen-bond acceptors (Lipinski definition) is 4. The first-order valence-electron chi connectivity index (χ1n) is 6.36. The molecule has 1 aromatic rings. The number of halogens is 1. The van der Waals surface area contributed by atoms with Crippen molar-refractivity contribution in [1.82, 2.24) is 4.31 Å². The molecule has 0 bridgehead atoms. The fraction of sp³-hybridized carbons (Fsp3) is 0.462. The van der Waals surface area contributed by atoms with Crippen molar-refractivity contribution in [2.75, 3.05) is 20.2 Å². The second kappa shape index (κ2) is 5.61. The highest BCUT2D eigenvalue weighted by Gasteiger charge is 2.44.